The van der Waals surface area contributed by atoms with Crippen molar-refractivity contribution in [1.29, 1.82) is 0 Å². The van der Waals surface area contributed by atoms with Crippen LogP contribution in [0.3, 0.4) is 0 Å². The average Bonchev–Trinajstić information content (AvgIpc) is 2.75. The van der Waals surface area contributed by atoms with Crippen molar-refractivity contribution in [2.75, 3.05) is 25.0 Å². The van der Waals surface area contributed by atoms with E-state index in [1.807, 2.05) is 29.2 Å². The summed E-state index contributed by atoms with van der Waals surface area (Å²) >= 11 is 0. The minimum Gasteiger partial charge on any atom is -0.491 e. The number of carbonyl (C=O) groups is 1. The number of nitrogens with one attached hydrogen (secondary N) is 1. The lowest BCUT2D eigenvalue weighted by Gasteiger charge is -2.21. The molecule has 2 rings (SSSR count). The summed E-state index contributed by atoms with van der Waals surface area (Å²) in [7, 11) is 0. The second kappa shape index (κ2) is 7.78. The summed E-state index contributed by atoms with van der Waals surface area (Å²) in [5, 5.41) is 2.98. The molecule has 1 fully saturated rings. The van der Waals surface area contributed by atoms with Crippen LogP contribution < -0.4 is 10.1 Å². The molecule has 0 saturated carbocycles. The number of anilines is 1. The molecule has 0 spiro atoms. The lowest BCUT2D eigenvalue weighted by atomic mass is 10.2. The molecule has 1 aromatic carbocycles. The summed E-state index contributed by atoms with van der Waals surface area (Å²) in [5.41, 5.74) is 0.759. The van der Waals surface area contributed by atoms with E-state index >= 15 is 0 Å². The highest BCUT2D eigenvalue weighted by Crippen LogP contribution is 2.24. The summed E-state index contributed by atoms with van der Waals surface area (Å²) < 4.78 is 5.67. The fraction of sp³-hybridized carbons (Fsp3) is 0.562. The number of para-hydroxylation sites is 2. The van der Waals surface area contributed by atoms with Gasteiger partial charge in [0.25, 0.3) is 0 Å². The Morgan fingerprint density at radius 3 is 2.60 bits per heavy atom. The van der Waals surface area contributed by atoms with Crippen LogP contribution in [0, 0.1) is 0 Å². The third kappa shape index (κ3) is 4.15. The van der Waals surface area contributed by atoms with Crippen LogP contribution in [0.15, 0.2) is 24.3 Å². The first-order valence-corrected chi connectivity index (χ1v) is 7.59. The van der Waals surface area contributed by atoms with Crippen molar-refractivity contribution in [2.45, 2.75) is 39.0 Å². The summed E-state index contributed by atoms with van der Waals surface area (Å²) in [6, 6.07) is 7.61. The van der Waals surface area contributed by atoms with Gasteiger partial charge in [-0.25, -0.2) is 4.79 Å². The number of hydrogen-bond donors (Lipinski definition) is 1. The summed E-state index contributed by atoms with van der Waals surface area (Å²) in [5.74, 6) is 0.748. The van der Waals surface area contributed by atoms with E-state index in [0.29, 0.717) is 6.61 Å². The van der Waals surface area contributed by atoms with E-state index in [4.69, 9.17) is 4.74 Å². The number of benzene rings is 1. The monoisotopic (exact) mass is 276 g/mol. The van der Waals surface area contributed by atoms with Gasteiger partial charge in [-0.05, 0) is 31.4 Å². The second-order valence-electron chi connectivity index (χ2n) is 5.18. The molecule has 2 amide bonds. The van der Waals surface area contributed by atoms with E-state index in [9.17, 15) is 4.79 Å². The molecular weight excluding hydrogens is 252 g/mol. The Bertz CT molecular complexity index is 426. The minimum atomic E-state index is -0.0144. The highest BCUT2D eigenvalue weighted by molar-refractivity contribution is 5.91. The van der Waals surface area contributed by atoms with Crippen LogP contribution in [0.1, 0.15) is 39.0 Å². The van der Waals surface area contributed by atoms with Gasteiger partial charge in [-0.1, -0.05) is 31.9 Å². The molecule has 0 aromatic heterocycles. The standard InChI is InChI=1S/C16H24N2O2/c1-2-13-20-15-10-6-5-9-14(15)17-16(19)18-11-7-3-4-8-12-18/h5-6,9-10H,2-4,7-8,11-13H2,1H3,(H,17,19). The van der Waals surface area contributed by atoms with E-state index in [2.05, 4.69) is 12.2 Å². The lowest BCUT2D eigenvalue weighted by molar-refractivity contribution is 0.213. The van der Waals surface area contributed by atoms with Crippen molar-refractivity contribution in [1.82, 2.24) is 4.90 Å². The number of rotatable bonds is 4. The maximum atomic E-state index is 12.3. The van der Waals surface area contributed by atoms with Crippen LogP contribution in [-0.2, 0) is 0 Å². The molecule has 1 aliphatic rings. The van der Waals surface area contributed by atoms with Gasteiger partial charge in [-0.15, -0.1) is 0 Å². The molecule has 1 aliphatic heterocycles. The quantitative estimate of drug-likeness (QED) is 0.906. The summed E-state index contributed by atoms with van der Waals surface area (Å²) in [6.07, 6.45) is 5.59. The van der Waals surface area contributed by atoms with Crippen molar-refractivity contribution >= 4 is 11.7 Å². The molecule has 1 heterocycles. The van der Waals surface area contributed by atoms with Gasteiger partial charge < -0.3 is 15.0 Å². The Morgan fingerprint density at radius 1 is 1.20 bits per heavy atom. The van der Waals surface area contributed by atoms with Crippen molar-refractivity contribution < 1.29 is 9.53 Å². The molecule has 0 radical (unpaired) electrons. The van der Waals surface area contributed by atoms with Crippen molar-refractivity contribution in [2.24, 2.45) is 0 Å². The smallest absolute Gasteiger partial charge is 0.321 e. The number of urea groups is 1. The van der Waals surface area contributed by atoms with Crippen LogP contribution in [0.2, 0.25) is 0 Å². The van der Waals surface area contributed by atoms with Crippen molar-refractivity contribution in [3.8, 4) is 5.75 Å². The molecule has 110 valence electrons. The number of ether oxygens (including phenoxy) is 1. The predicted octanol–water partition coefficient (Wildman–Crippen LogP) is 3.88. The Hall–Kier alpha value is -1.71. The van der Waals surface area contributed by atoms with Crippen LogP contribution in [0.4, 0.5) is 10.5 Å². The SMILES string of the molecule is CCCOc1ccccc1NC(=O)N1CCCCCC1. The Morgan fingerprint density at radius 2 is 1.90 bits per heavy atom. The first-order chi connectivity index (χ1) is 9.81. The van der Waals surface area contributed by atoms with E-state index in [0.717, 1.165) is 43.8 Å². The Balaban J connectivity index is 1.99. The average molecular weight is 276 g/mol. The third-order valence-electron chi connectivity index (χ3n) is 3.48. The summed E-state index contributed by atoms with van der Waals surface area (Å²) in [4.78, 5) is 14.2. The zero-order valence-corrected chi connectivity index (χ0v) is 12.2. The summed E-state index contributed by atoms with van der Waals surface area (Å²) in [6.45, 7) is 4.43. The Kier molecular flexibility index (Phi) is 5.71. The van der Waals surface area contributed by atoms with Gasteiger partial charge in [-0.3, -0.25) is 0 Å². The zero-order valence-electron chi connectivity index (χ0n) is 12.2. The second-order valence-corrected chi connectivity index (χ2v) is 5.18. The fourth-order valence-corrected chi connectivity index (χ4v) is 2.38. The van der Waals surface area contributed by atoms with Crippen LogP contribution in [0.5, 0.6) is 5.75 Å². The van der Waals surface area contributed by atoms with Gasteiger partial charge in [0.2, 0.25) is 0 Å². The Labute approximate surface area is 121 Å². The first kappa shape index (κ1) is 14.7. The maximum Gasteiger partial charge on any atom is 0.321 e. The predicted molar refractivity (Wildman–Crippen MR) is 81.3 cm³/mol. The number of hydrogen-bond acceptors (Lipinski definition) is 2. The number of carbonyl (C=O) groups excluding carboxylic acids is 1. The fourth-order valence-electron chi connectivity index (χ4n) is 2.38. The lowest BCUT2D eigenvalue weighted by Crippen LogP contribution is -2.35. The van der Waals surface area contributed by atoms with Gasteiger partial charge in [0, 0.05) is 13.1 Å². The van der Waals surface area contributed by atoms with Gasteiger partial charge in [-0.2, -0.15) is 0 Å². The maximum absolute atomic E-state index is 12.3. The largest absolute Gasteiger partial charge is 0.491 e. The van der Waals surface area contributed by atoms with Crippen LogP contribution in [0.25, 0.3) is 0 Å². The van der Waals surface area contributed by atoms with Gasteiger partial charge >= 0.3 is 6.03 Å². The van der Waals surface area contributed by atoms with E-state index in [1.165, 1.54) is 12.8 Å². The number of amides is 2. The normalized spacial score (nSPS) is 15.6. The third-order valence-corrected chi connectivity index (χ3v) is 3.48. The topological polar surface area (TPSA) is 41.6 Å². The van der Waals surface area contributed by atoms with E-state index in [1.54, 1.807) is 0 Å². The van der Waals surface area contributed by atoms with Gasteiger partial charge in [0.1, 0.15) is 5.75 Å². The first-order valence-electron chi connectivity index (χ1n) is 7.59. The molecule has 1 saturated heterocycles. The molecule has 4 nitrogen and oxygen atoms in total. The molecule has 20 heavy (non-hydrogen) atoms. The molecule has 0 unspecified atom stereocenters. The van der Waals surface area contributed by atoms with E-state index in [-0.39, 0.29) is 6.03 Å². The highest BCUT2D eigenvalue weighted by Gasteiger charge is 2.16. The van der Waals surface area contributed by atoms with Crippen molar-refractivity contribution in [3.05, 3.63) is 24.3 Å². The van der Waals surface area contributed by atoms with Crippen LogP contribution in [-0.4, -0.2) is 30.6 Å². The molecule has 0 bridgehead atoms. The van der Waals surface area contributed by atoms with E-state index < -0.39 is 0 Å². The van der Waals surface area contributed by atoms with Crippen molar-refractivity contribution in [3.63, 3.8) is 0 Å². The molecule has 0 aliphatic carbocycles. The molecule has 0 atom stereocenters. The van der Waals surface area contributed by atoms with Crippen LogP contribution >= 0.6 is 0 Å². The zero-order chi connectivity index (χ0) is 14.2. The van der Waals surface area contributed by atoms with Gasteiger partial charge in [0.15, 0.2) is 0 Å². The molecule has 4 heteroatoms. The highest BCUT2D eigenvalue weighted by atomic mass is 16.5. The molecule has 1 aromatic rings. The number of nitrogens with zero attached hydrogens (tertiary/aromatic N) is 1. The number of likely N-dealkylation sites (tertiary alicyclic amines) is 1. The van der Waals surface area contributed by atoms with Gasteiger partial charge in [0.05, 0.1) is 12.3 Å². The molecule has 1 N–H and O–H groups in total. The minimum absolute atomic E-state index is 0.0144. The molecular formula is C16H24N2O2.